The highest BCUT2D eigenvalue weighted by Crippen LogP contribution is 2.30. The Balaban J connectivity index is 1.81. The summed E-state index contributed by atoms with van der Waals surface area (Å²) in [6.07, 6.45) is 4.90. The summed E-state index contributed by atoms with van der Waals surface area (Å²) < 4.78 is 12.6. The van der Waals surface area contributed by atoms with Gasteiger partial charge in [-0.1, -0.05) is 0 Å². The SMILES string of the molecule is Cc1cc(-c2cc(C(=O)NCc3ccoc3)c3cnn(C(C)C)c3n2)c(C)o1. The lowest BCUT2D eigenvalue weighted by molar-refractivity contribution is 0.0952. The summed E-state index contributed by atoms with van der Waals surface area (Å²) in [5.41, 5.74) is 3.68. The Morgan fingerprint density at radius 2 is 2.11 bits per heavy atom. The average Bonchev–Trinajstić information content (AvgIpc) is 3.38. The van der Waals surface area contributed by atoms with Gasteiger partial charge in [-0.3, -0.25) is 4.79 Å². The number of aryl methyl sites for hydroxylation is 2. The standard InChI is InChI=1S/C21H22N4O3/c1-12(2)25-20-18(10-23-25)17(21(26)22-9-15-5-6-27-11-15)8-19(24-20)16-7-13(3)28-14(16)4/h5-8,10-12H,9H2,1-4H3,(H,22,26). The molecule has 28 heavy (non-hydrogen) atoms. The second-order valence-corrected chi connectivity index (χ2v) is 7.12. The molecule has 7 heteroatoms. The third-order valence-corrected chi connectivity index (χ3v) is 4.65. The molecule has 0 saturated carbocycles. The Bertz CT molecular complexity index is 1140. The molecule has 0 radical (unpaired) electrons. The zero-order chi connectivity index (χ0) is 19.8. The van der Waals surface area contributed by atoms with E-state index in [1.807, 2.05) is 44.5 Å². The number of fused-ring (bicyclic) bond motifs is 1. The number of pyridine rings is 1. The lowest BCUT2D eigenvalue weighted by Gasteiger charge is -2.10. The molecular formula is C21H22N4O3. The summed E-state index contributed by atoms with van der Waals surface area (Å²) in [5, 5.41) is 8.11. The van der Waals surface area contributed by atoms with E-state index in [4.69, 9.17) is 13.8 Å². The van der Waals surface area contributed by atoms with Crippen molar-refractivity contribution in [2.24, 2.45) is 0 Å². The van der Waals surface area contributed by atoms with Gasteiger partial charge in [-0.2, -0.15) is 5.10 Å². The van der Waals surface area contributed by atoms with Crippen LogP contribution < -0.4 is 5.32 Å². The molecule has 4 rings (SSSR count). The second-order valence-electron chi connectivity index (χ2n) is 7.12. The van der Waals surface area contributed by atoms with Gasteiger partial charge in [0.2, 0.25) is 0 Å². The van der Waals surface area contributed by atoms with Gasteiger partial charge < -0.3 is 14.2 Å². The molecule has 0 fully saturated rings. The number of carbonyl (C=O) groups is 1. The third-order valence-electron chi connectivity index (χ3n) is 4.65. The topological polar surface area (TPSA) is 86.1 Å². The van der Waals surface area contributed by atoms with E-state index in [1.54, 1.807) is 24.8 Å². The van der Waals surface area contributed by atoms with Crippen LogP contribution in [0.4, 0.5) is 0 Å². The number of furan rings is 2. The van der Waals surface area contributed by atoms with Crippen LogP contribution in [0.1, 0.15) is 47.3 Å². The molecule has 0 aliphatic heterocycles. The minimum atomic E-state index is -0.184. The Morgan fingerprint density at radius 3 is 2.75 bits per heavy atom. The maximum Gasteiger partial charge on any atom is 0.252 e. The van der Waals surface area contributed by atoms with Crippen LogP contribution >= 0.6 is 0 Å². The van der Waals surface area contributed by atoms with E-state index in [0.717, 1.165) is 28.0 Å². The zero-order valence-electron chi connectivity index (χ0n) is 16.3. The van der Waals surface area contributed by atoms with Crippen molar-refractivity contribution >= 4 is 16.9 Å². The molecule has 0 aromatic carbocycles. The van der Waals surface area contributed by atoms with E-state index in [-0.39, 0.29) is 11.9 Å². The van der Waals surface area contributed by atoms with Crippen LogP contribution in [0.5, 0.6) is 0 Å². The molecule has 7 nitrogen and oxygen atoms in total. The van der Waals surface area contributed by atoms with E-state index in [0.29, 0.717) is 23.4 Å². The predicted octanol–water partition coefficient (Wildman–Crippen LogP) is 4.41. The summed E-state index contributed by atoms with van der Waals surface area (Å²) in [6.45, 7) is 8.24. The molecule has 0 bridgehead atoms. The first-order valence-electron chi connectivity index (χ1n) is 9.19. The van der Waals surface area contributed by atoms with Crippen molar-refractivity contribution in [2.75, 3.05) is 0 Å². The van der Waals surface area contributed by atoms with Crippen LogP contribution in [-0.4, -0.2) is 20.7 Å². The van der Waals surface area contributed by atoms with E-state index in [1.165, 1.54) is 0 Å². The molecule has 1 amide bonds. The molecular weight excluding hydrogens is 356 g/mol. The fourth-order valence-electron chi connectivity index (χ4n) is 3.28. The van der Waals surface area contributed by atoms with Crippen molar-refractivity contribution in [1.29, 1.82) is 0 Å². The third kappa shape index (κ3) is 3.19. The fraction of sp³-hybridized carbons (Fsp3) is 0.286. The Morgan fingerprint density at radius 1 is 1.29 bits per heavy atom. The highest BCUT2D eigenvalue weighted by Gasteiger charge is 2.20. The van der Waals surface area contributed by atoms with Crippen molar-refractivity contribution in [3.63, 3.8) is 0 Å². The van der Waals surface area contributed by atoms with E-state index < -0.39 is 0 Å². The van der Waals surface area contributed by atoms with E-state index in [2.05, 4.69) is 10.4 Å². The Hall–Kier alpha value is -3.35. The molecule has 4 heterocycles. The van der Waals surface area contributed by atoms with Gasteiger partial charge in [0.25, 0.3) is 5.91 Å². The smallest absolute Gasteiger partial charge is 0.252 e. The monoisotopic (exact) mass is 378 g/mol. The molecule has 144 valence electrons. The molecule has 0 atom stereocenters. The minimum Gasteiger partial charge on any atom is -0.472 e. The van der Waals surface area contributed by atoms with Gasteiger partial charge in [0.05, 0.1) is 35.4 Å². The van der Waals surface area contributed by atoms with E-state index in [9.17, 15) is 4.79 Å². The maximum absolute atomic E-state index is 13.0. The van der Waals surface area contributed by atoms with Crippen LogP contribution in [0.2, 0.25) is 0 Å². The van der Waals surface area contributed by atoms with Crippen molar-refractivity contribution in [2.45, 2.75) is 40.3 Å². The summed E-state index contributed by atoms with van der Waals surface area (Å²) in [5.74, 6) is 1.39. The van der Waals surface area contributed by atoms with E-state index >= 15 is 0 Å². The van der Waals surface area contributed by atoms with Crippen molar-refractivity contribution in [1.82, 2.24) is 20.1 Å². The highest BCUT2D eigenvalue weighted by molar-refractivity contribution is 6.06. The van der Waals surface area contributed by atoms with Crippen LogP contribution in [-0.2, 0) is 6.54 Å². The first-order chi connectivity index (χ1) is 13.4. The first kappa shape index (κ1) is 18.0. The van der Waals surface area contributed by atoms with Crippen LogP contribution in [0.25, 0.3) is 22.3 Å². The first-order valence-corrected chi connectivity index (χ1v) is 9.19. The molecule has 0 aliphatic rings. The van der Waals surface area contributed by atoms with Gasteiger partial charge in [0, 0.05) is 23.7 Å². The van der Waals surface area contributed by atoms with Crippen molar-refractivity contribution in [3.05, 3.63) is 59.6 Å². The lowest BCUT2D eigenvalue weighted by atomic mass is 10.1. The Labute approximate surface area is 162 Å². The number of nitrogens with one attached hydrogen (secondary N) is 1. The van der Waals surface area contributed by atoms with Gasteiger partial charge in [-0.25, -0.2) is 9.67 Å². The van der Waals surface area contributed by atoms with Gasteiger partial charge in [-0.05, 0) is 45.9 Å². The molecule has 0 unspecified atom stereocenters. The number of nitrogens with zero attached hydrogens (tertiary/aromatic N) is 3. The van der Waals surface area contributed by atoms with Crippen LogP contribution in [0.15, 0.2) is 45.8 Å². The largest absolute Gasteiger partial charge is 0.472 e. The minimum absolute atomic E-state index is 0.120. The molecule has 0 spiro atoms. The number of rotatable bonds is 5. The predicted molar refractivity (Wildman–Crippen MR) is 105 cm³/mol. The average molecular weight is 378 g/mol. The molecule has 0 aliphatic carbocycles. The molecule has 1 N–H and O–H groups in total. The lowest BCUT2D eigenvalue weighted by Crippen LogP contribution is -2.23. The molecule has 4 aromatic heterocycles. The summed E-state index contributed by atoms with van der Waals surface area (Å²) in [4.78, 5) is 17.8. The second kappa shape index (κ2) is 6.99. The zero-order valence-corrected chi connectivity index (χ0v) is 16.3. The number of hydrogen-bond donors (Lipinski definition) is 1. The highest BCUT2D eigenvalue weighted by atomic mass is 16.3. The fourth-order valence-corrected chi connectivity index (χ4v) is 3.28. The molecule has 0 saturated heterocycles. The summed E-state index contributed by atoms with van der Waals surface area (Å²) >= 11 is 0. The number of amides is 1. The summed E-state index contributed by atoms with van der Waals surface area (Å²) in [7, 11) is 0. The number of aromatic nitrogens is 3. The number of hydrogen-bond acceptors (Lipinski definition) is 5. The van der Waals surface area contributed by atoms with Crippen molar-refractivity contribution in [3.8, 4) is 11.3 Å². The van der Waals surface area contributed by atoms with Gasteiger partial charge in [0.1, 0.15) is 11.5 Å². The van der Waals surface area contributed by atoms with Crippen LogP contribution in [0.3, 0.4) is 0 Å². The van der Waals surface area contributed by atoms with Crippen LogP contribution in [0, 0.1) is 13.8 Å². The van der Waals surface area contributed by atoms with Crippen molar-refractivity contribution < 1.29 is 13.6 Å². The maximum atomic E-state index is 13.0. The Kier molecular flexibility index (Phi) is 4.50. The van der Waals surface area contributed by atoms with Gasteiger partial charge in [-0.15, -0.1) is 0 Å². The van der Waals surface area contributed by atoms with Gasteiger partial charge >= 0.3 is 0 Å². The van der Waals surface area contributed by atoms with Gasteiger partial charge in [0.15, 0.2) is 5.65 Å². The normalized spacial score (nSPS) is 11.5. The molecule has 4 aromatic rings. The quantitative estimate of drug-likeness (QED) is 0.556. The summed E-state index contributed by atoms with van der Waals surface area (Å²) in [6, 6.07) is 5.68. The number of carbonyl (C=O) groups excluding carboxylic acids is 1.